The first kappa shape index (κ1) is 13.1. The van der Waals surface area contributed by atoms with Gasteiger partial charge in [0, 0.05) is 12.6 Å². The molecule has 1 rings (SSSR count). The van der Waals surface area contributed by atoms with E-state index in [9.17, 15) is 9.90 Å². The van der Waals surface area contributed by atoms with Crippen LogP contribution < -0.4 is 5.56 Å². The molecule has 16 heavy (non-hydrogen) atoms. The highest BCUT2D eigenvalue weighted by molar-refractivity contribution is 6.31. The van der Waals surface area contributed by atoms with Gasteiger partial charge in [0.15, 0.2) is 5.88 Å². The first-order chi connectivity index (χ1) is 7.43. The molecule has 4 nitrogen and oxygen atoms in total. The monoisotopic (exact) mass is 244 g/mol. The highest BCUT2D eigenvalue weighted by atomic mass is 35.5. The number of halogens is 1. The molecule has 90 valence electrons. The van der Waals surface area contributed by atoms with Crippen molar-refractivity contribution < 1.29 is 5.11 Å². The van der Waals surface area contributed by atoms with Crippen LogP contribution in [0.3, 0.4) is 0 Å². The molecule has 0 amide bonds. The summed E-state index contributed by atoms with van der Waals surface area (Å²) in [5.74, 6) is -0.0225. The molecule has 0 fully saturated rings. The molecule has 0 aliphatic heterocycles. The quantitative estimate of drug-likeness (QED) is 0.873. The van der Waals surface area contributed by atoms with Crippen LogP contribution in [0.25, 0.3) is 0 Å². The van der Waals surface area contributed by atoms with E-state index >= 15 is 0 Å². The fraction of sp³-hybridized carbons (Fsp3) is 0.545. The van der Waals surface area contributed by atoms with Crippen LogP contribution in [0.1, 0.15) is 12.0 Å². The molecule has 5 heteroatoms. The zero-order valence-electron chi connectivity index (χ0n) is 9.83. The zero-order valence-corrected chi connectivity index (χ0v) is 10.6. The van der Waals surface area contributed by atoms with Crippen LogP contribution in [0, 0.1) is 6.92 Å². The van der Waals surface area contributed by atoms with E-state index in [4.69, 9.17) is 11.6 Å². The van der Waals surface area contributed by atoms with Crippen molar-refractivity contribution in [3.63, 3.8) is 0 Å². The average molecular weight is 245 g/mol. The minimum Gasteiger partial charge on any atom is -0.494 e. The summed E-state index contributed by atoms with van der Waals surface area (Å²) in [6, 6.07) is 1.51. The largest absolute Gasteiger partial charge is 0.494 e. The van der Waals surface area contributed by atoms with E-state index in [0.29, 0.717) is 12.1 Å². The molecule has 1 aromatic heterocycles. The molecule has 0 bridgehead atoms. The van der Waals surface area contributed by atoms with Crippen LogP contribution >= 0.6 is 11.6 Å². The van der Waals surface area contributed by atoms with Gasteiger partial charge in [-0.1, -0.05) is 11.6 Å². The van der Waals surface area contributed by atoms with Gasteiger partial charge >= 0.3 is 0 Å². The predicted octanol–water partition coefficient (Wildman–Crippen LogP) is 1.47. The van der Waals surface area contributed by atoms with Crippen molar-refractivity contribution in [1.82, 2.24) is 9.47 Å². The Kier molecular flexibility index (Phi) is 4.38. The standard InChI is InChI=1S/C11H17ClN2O2/c1-8-7-9(15)14(11(16)10(8)12)6-4-5-13(2)3/h7,15H,4-6H2,1-3H3. The molecular formula is C11H17ClN2O2. The summed E-state index contributed by atoms with van der Waals surface area (Å²) in [6.45, 7) is 3.04. The lowest BCUT2D eigenvalue weighted by molar-refractivity contribution is 0.361. The van der Waals surface area contributed by atoms with E-state index in [1.807, 2.05) is 19.0 Å². The molecule has 0 saturated carbocycles. The third-order valence-electron chi connectivity index (χ3n) is 2.39. The number of pyridine rings is 1. The Morgan fingerprint density at radius 2 is 2.12 bits per heavy atom. The van der Waals surface area contributed by atoms with Gasteiger partial charge in [0.2, 0.25) is 0 Å². The lowest BCUT2D eigenvalue weighted by Crippen LogP contribution is -2.23. The predicted molar refractivity (Wildman–Crippen MR) is 65.3 cm³/mol. The number of aromatic nitrogens is 1. The summed E-state index contributed by atoms with van der Waals surface area (Å²) in [7, 11) is 3.93. The van der Waals surface area contributed by atoms with Crippen LogP contribution in [0.4, 0.5) is 0 Å². The molecule has 0 aliphatic rings. The van der Waals surface area contributed by atoms with E-state index in [0.717, 1.165) is 13.0 Å². The molecule has 0 spiro atoms. The number of rotatable bonds is 4. The highest BCUT2D eigenvalue weighted by Crippen LogP contribution is 2.16. The van der Waals surface area contributed by atoms with Crippen molar-refractivity contribution in [3.8, 4) is 5.88 Å². The van der Waals surface area contributed by atoms with E-state index < -0.39 is 0 Å². The number of hydrogen-bond acceptors (Lipinski definition) is 3. The second kappa shape index (κ2) is 5.37. The number of aryl methyl sites for hydroxylation is 1. The highest BCUT2D eigenvalue weighted by Gasteiger charge is 2.09. The van der Waals surface area contributed by atoms with E-state index in [-0.39, 0.29) is 16.5 Å². The summed E-state index contributed by atoms with van der Waals surface area (Å²) >= 11 is 5.84. The Morgan fingerprint density at radius 3 is 2.69 bits per heavy atom. The van der Waals surface area contributed by atoms with E-state index in [1.54, 1.807) is 6.92 Å². The molecule has 0 aromatic carbocycles. The van der Waals surface area contributed by atoms with Crippen LogP contribution in [0.2, 0.25) is 5.02 Å². The second-order valence-electron chi connectivity index (χ2n) is 4.11. The smallest absolute Gasteiger partial charge is 0.272 e. The van der Waals surface area contributed by atoms with Crippen LogP contribution in [-0.4, -0.2) is 35.2 Å². The van der Waals surface area contributed by atoms with Crippen molar-refractivity contribution in [3.05, 3.63) is 27.0 Å². The van der Waals surface area contributed by atoms with Crippen molar-refractivity contribution in [1.29, 1.82) is 0 Å². The van der Waals surface area contributed by atoms with Gasteiger partial charge in [-0.05, 0) is 39.5 Å². The average Bonchev–Trinajstić information content (AvgIpc) is 2.19. The molecule has 0 atom stereocenters. The molecule has 0 aliphatic carbocycles. The molecular weight excluding hydrogens is 228 g/mol. The van der Waals surface area contributed by atoms with Crippen molar-refractivity contribution in [2.75, 3.05) is 20.6 Å². The maximum Gasteiger partial charge on any atom is 0.272 e. The minimum absolute atomic E-state index is 0.0225. The lowest BCUT2D eigenvalue weighted by atomic mass is 10.3. The van der Waals surface area contributed by atoms with Gasteiger partial charge in [0.1, 0.15) is 5.02 Å². The van der Waals surface area contributed by atoms with Crippen LogP contribution in [0.5, 0.6) is 5.88 Å². The fourth-order valence-electron chi connectivity index (χ4n) is 1.49. The maximum atomic E-state index is 11.7. The van der Waals surface area contributed by atoms with Gasteiger partial charge < -0.3 is 10.0 Å². The lowest BCUT2D eigenvalue weighted by Gasteiger charge is -2.12. The number of aromatic hydroxyl groups is 1. The topological polar surface area (TPSA) is 45.5 Å². The molecule has 0 unspecified atom stereocenters. The zero-order chi connectivity index (χ0) is 12.3. The molecule has 1 heterocycles. The first-order valence-corrected chi connectivity index (χ1v) is 5.55. The van der Waals surface area contributed by atoms with E-state index in [1.165, 1.54) is 10.6 Å². The summed E-state index contributed by atoms with van der Waals surface area (Å²) in [5, 5.41) is 9.84. The normalized spacial score (nSPS) is 11.1. The maximum absolute atomic E-state index is 11.7. The van der Waals surface area contributed by atoms with Crippen LogP contribution in [0.15, 0.2) is 10.9 Å². The third kappa shape index (κ3) is 3.00. The second-order valence-corrected chi connectivity index (χ2v) is 4.49. The Balaban J connectivity index is 2.88. The third-order valence-corrected chi connectivity index (χ3v) is 2.85. The van der Waals surface area contributed by atoms with Gasteiger partial charge in [0.25, 0.3) is 5.56 Å². The van der Waals surface area contributed by atoms with Gasteiger partial charge in [-0.2, -0.15) is 0 Å². The first-order valence-electron chi connectivity index (χ1n) is 5.17. The van der Waals surface area contributed by atoms with Gasteiger partial charge in [-0.3, -0.25) is 9.36 Å². The number of hydrogen-bond donors (Lipinski definition) is 1. The molecule has 1 aromatic rings. The Bertz CT molecular complexity index is 427. The molecule has 1 N–H and O–H groups in total. The Labute approximate surface area is 100 Å². The SMILES string of the molecule is Cc1cc(O)n(CCCN(C)C)c(=O)c1Cl. The summed E-state index contributed by atoms with van der Waals surface area (Å²) < 4.78 is 1.30. The van der Waals surface area contributed by atoms with Crippen molar-refractivity contribution in [2.24, 2.45) is 0 Å². The molecule has 0 radical (unpaired) electrons. The summed E-state index contributed by atoms with van der Waals surface area (Å²) in [4.78, 5) is 13.8. The number of nitrogens with zero attached hydrogens (tertiary/aromatic N) is 2. The van der Waals surface area contributed by atoms with Crippen LogP contribution in [-0.2, 0) is 6.54 Å². The van der Waals surface area contributed by atoms with Gasteiger partial charge in [-0.15, -0.1) is 0 Å². The van der Waals surface area contributed by atoms with Gasteiger partial charge in [-0.25, -0.2) is 0 Å². The Morgan fingerprint density at radius 1 is 1.50 bits per heavy atom. The fourth-order valence-corrected chi connectivity index (χ4v) is 1.64. The summed E-state index contributed by atoms with van der Waals surface area (Å²) in [6.07, 6.45) is 0.792. The van der Waals surface area contributed by atoms with Crippen molar-refractivity contribution >= 4 is 11.6 Å². The molecule has 0 saturated heterocycles. The van der Waals surface area contributed by atoms with E-state index in [2.05, 4.69) is 0 Å². The minimum atomic E-state index is -0.321. The van der Waals surface area contributed by atoms with Gasteiger partial charge in [0.05, 0.1) is 0 Å². The van der Waals surface area contributed by atoms with Crippen molar-refractivity contribution in [2.45, 2.75) is 19.9 Å². The Hall–Kier alpha value is -1.00. The summed E-state index contributed by atoms with van der Waals surface area (Å²) in [5.41, 5.74) is 0.283.